The Morgan fingerprint density at radius 1 is 1.33 bits per heavy atom. The average molecular weight is 406 g/mol. The van der Waals surface area contributed by atoms with Crippen molar-refractivity contribution in [2.45, 2.75) is 58.1 Å². The number of hydrogen-bond acceptors (Lipinski definition) is 6. The van der Waals surface area contributed by atoms with E-state index >= 15 is 0 Å². The van der Waals surface area contributed by atoms with Crippen molar-refractivity contribution in [2.24, 2.45) is 0 Å². The number of nitrogens with one attached hydrogen (secondary N) is 1. The van der Waals surface area contributed by atoms with Crippen LogP contribution in [0.1, 0.15) is 65.3 Å². The standard InChI is InChI=1S/C19H23N3O3S2/c1-19(2,3)25-18(24)22-8-6-13-14(10-22)27-17(20-13)21-16(23)15-12(7-9-26-15)11-4-5-11/h7,9,11H,4-6,8,10H2,1-3H3,(H,20,21,23). The van der Waals surface area contributed by atoms with Crippen molar-refractivity contribution in [3.8, 4) is 0 Å². The molecule has 0 unspecified atom stereocenters. The van der Waals surface area contributed by atoms with E-state index in [4.69, 9.17) is 4.74 Å². The molecule has 2 amide bonds. The zero-order valence-electron chi connectivity index (χ0n) is 15.7. The van der Waals surface area contributed by atoms with Crippen LogP contribution in [0, 0.1) is 0 Å². The maximum absolute atomic E-state index is 12.7. The van der Waals surface area contributed by atoms with E-state index in [1.54, 1.807) is 4.90 Å². The highest BCUT2D eigenvalue weighted by molar-refractivity contribution is 7.16. The highest BCUT2D eigenvalue weighted by Crippen LogP contribution is 2.43. The maximum atomic E-state index is 12.7. The Hall–Kier alpha value is -1.93. The van der Waals surface area contributed by atoms with E-state index in [2.05, 4.69) is 16.4 Å². The van der Waals surface area contributed by atoms with E-state index in [1.165, 1.54) is 35.5 Å². The molecule has 2 aromatic rings. The number of carbonyl (C=O) groups is 2. The van der Waals surface area contributed by atoms with Crippen LogP contribution in [0.25, 0.3) is 0 Å². The molecule has 8 heteroatoms. The number of nitrogens with zero attached hydrogens (tertiary/aromatic N) is 2. The molecule has 6 nitrogen and oxygen atoms in total. The fourth-order valence-corrected chi connectivity index (χ4v) is 5.00. The molecule has 0 atom stereocenters. The summed E-state index contributed by atoms with van der Waals surface area (Å²) < 4.78 is 5.46. The molecule has 1 fully saturated rings. The Morgan fingerprint density at radius 2 is 2.11 bits per heavy atom. The number of ether oxygens (including phenoxy) is 1. The van der Waals surface area contributed by atoms with Crippen molar-refractivity contribution in [2.75, 3.05) is 11.9 Å². The van der Waals surface area contributed by atoms with E-state index in [-0.39, 0.29) is 12.0 Å². The predicted molar refractivity (Wildman–Crippen MR) is 107 cm³/mol. The number of anilines is 1. The third-order valence-corrected chi connectivity index (χ3v) is 6.45. The molecule has 144 valence electrons. The fourth-order valence-electron chi connectivity index (χ4n) is 3.10. The lowest BCUT2D eigenvalue weighted by Crippen LogP contribution is -2.39. The Kier molecular flexibility index (Phi) is 4.71. The summed E-state index contributed by atoms with van der Waals surface area (Å²) in [5.74, 6) is 0.464. The number of aromatic nitrogens is 1. The van der Waals surface area contributed by atoms with Gasteiger partial charge in [-0.15, -0.1) is 11.3 Å². The predicted octanol–water partition coefficient (Wildman–Crippen LogP) is 4.63. The van der Waals surface area contributed by atoms with Crippen LogP contribution in [0.2, 0.25) is 0 Å². The van der Waals surface area contributed by atoms with Gasteiger partial charge in [0.2, 0.25) is 0 Å². The van der Waals surface area contributed by atoms with Crippen LogP contribution in [0.3, 0.4) is 0 Å². The van der Waals surface area contributed by atoms with Gasteiger partial charge in [-0.1, -0.05) is 11.3 Å². The Morgan fingerprint density at radius 3 is 2.81 bits per heavy atom. The summed E-state index contributed by atoms with van der Waals surface area (Å²) >= 11 is 2.93. The highest BCUT2D eigenvalue weighted by Gasteiger charge is 2.30. The minimum Gasteiger partial charge on any atom is -0.444 e. The first kappa shape index (κ1) is 18.4. The fraction of sp³-hybridized carbons (Fsp3) is 0.526. The molecule has 4 rings (SSSR count). The van der Waals surface area contributed by atoms with Crippen LogP contribution < -0.4 is 5.32 Å². The summed E-state index contributed by atoms with van der Waals surface area (Å²) in [4.78, 5) is 33.0. The van der Waals surface area contributed by atoms with E-state index < -0.39 is 5.60 Å². The molecule has 2 aliphatic rings. The van der Waals surface area contributed by atoms with Gasteiger partial charge >= 0.3 is 6.09 Å². The van der Waals surface area contributed by atoms with Crippen molar-refractivity contribution in [3.05, 3.63) is 32.5 Å². The van der Waals surface area contributed by atoms with Crippen molar-refractivity contribution in [1.29, 1.82) is 0 Å². The van der Waals surface area contributed by atoms with Crippen molar-refractivity contribution in [1.82, 2.24) is 9.88 Å². The molecule has 1 N–H and O–H groups in total. The van der Waals surface area contributed by atoms with E-state index in [9.17, 15) is 9.59 Å². The van der Waals surface area contributed by atoms with Gasteiger partial charge in [-0.2, -0.15) is 0 Å². The number of rotatable bonds is 3. The number of carbonyl (C=O) groups excluding carboxylic acids is 2. The first-order chi connectivity index (χ1) is 12.8. The van der Waals surface area contributed by atoms with Crippen molar-refractivity contribution >= 4 is 39.8 Å². The summed E-state index contributed by atoms with van der Waals surface area (Å²) in [7, 11) is 0. The molecule has 2 aromatic heterocycles. The minimum atomic E-state index is -0.510. The van der Waals surface area contributed by atoms with Gasteiger partial charge in [-0.25, -0.2) is 9.78 Å². The van der Waals surface area contributed by atoms with Gasteiger partial charge in [0, 0.05) is 17.8 Å². The third-order valence-electron chi connectivity index (χ3n) is 4.52. The lowest BCUT2D eigenvalue weighted by Gasteiger charge is -2.29. The highest BCUT2D eigenvalue weighted by atomic mass is 32.1. The quantitative estimate of drug-likeness (QED) is 0.808. The molecule has 0 saturated heterocycles. The van der Waals surface area contributed by atoms with Crippen LogP contribution in [0.15, 0.2) is 11.4 Å². The summed E-state index contributed by atoms with van der Waals surface area (Å²) in [6, 6.07) is 2.06. The summed E-state index contributed by atoms with van der Waals surface area (Å²) in [5.41, 5.74) is 1.61. The molecule has 0 bridgehead atoms. The second-order valence-corrected chi connectivity index (χ2v) is 9.97. The van der Waals surface area contributed by atoms with Gasteiger partial charge in [0.25, 0.3) is 5.91 Å². The molecule has 27 heavy (non-hydrogen) atoms. The molecular formula is C19H23N3O3S2. The monoisotopic (exact) mass is 405 g/mol. The topological polar surface area (TPSA) is 71.5 Å². The van der Waals surface area contributed by atoms with Gasteiger partial charge in [0.1, 0.15) is 5.60 Å². The molecule has 0 radical (unpaired) electrons. The van der Waals surface area contributed by atoms with Gasteiger partial charge in [0.15, 0.2) is 5.13 Å². The van der Waals surface area contributed by atoms with Crippen molar-refractivity contribution in [3.63, 3.8) is 0 Å². The minimum absolute atomic E-state index is 0.0815. The van der Waals surface area contributed by atoms with Crippen LogP contribution in [-0.4, -0.2) is 34.0 Å². The SMILES string of the molecule is CC(C)(C)OC(=O)N1CCc2nc(NC(=O)c3sccc3C3CC3)sc2C1. The number of fused-ring (bicyclic) bond motifs is 1. The van der Waals surface area contributed by atoms with E-state index in [0.29, 0.717) is 30.6 Å². The average Bonchev–Trinajstić information content (AvgIpc) is 3.16. The third kappa shape index (κ3) is 4.16. The Balaban J connectivity index is 1.43. The molecule has 1 aliphatic carbocycles. The molecular weight excluding hydrogens is 382 g/mol. The lowest BCUT2D eigenvalue weighted by molar-refractivity contribution is 0.0225. The number of amides is 2. The number of hydrogen-bond donors (Lipinski definition) is 1. The van der Waals surface area contributed by atoms with Crippen LogP contribution in [0.4, 0.5) is 9.93 Å². The van der Waals surface area contributed by atoms with Crippen molar-refractivity contribution < 1.29 is 14.3 Å². The first-order valence-corrected chi connectivity index (χ1v) is 10.8. The normalized spacial score (nSPS) is 16.8. The van der Waals surface area contributed by atoms with Crippen LogP contribution in [-0.2, 0) is 17.7 Å². The molecule has 1 saturated carbocycles. The van der Waals surface area contributed by atoms with Crippen LogP contribution >= 0.6 is 22.7 Å². The van der Waals surface area contributed by atoms with Gasteiger partial charge < -0.3 is 9.64 Å². The molecule has 0 aromatic carbocycles. The van der Waals surface area contributed by atoms with Gasteiger partial charge in [-0.05, 0) is 56.5 Å². The first-order valence-electron chi connectivity index (χ1n) is 9.15. The summed E-state index contributed by atoms with van der Waals surface area (Å²) in [6.45, 7) is 6.64. The van der Waals surface area contributed by atoms with Crippen LogP contribution in [0.5, 0.6) is 0 Å². The molecule has 3 heterocycles. The van der Waals surface area contributed by atoms with E-state index in [1.807, 2.05) is 26.2 Å². The largest absolute Gasteiger partial charge is 0.444 e. The lowest BCUT2D eigenvalue weighted by atomic mass is 10.1. The summed E-state index contributed by atoms with van der Waals surface area (Å²) in [5, 5.41) is 5.53. The Labute approximate surface area is 166 Å². The molecule has 1 aliphatic heterocycles. The van der Waals surface area contributed by atoms with Gasteiger partial charge in [0.05, 0.1) is 17.1 Å². The summed E-state index contributed by atoms with van der Waals surface area (Å²) in [6.07, 6.45) is 2.71. The zero-order valence-corrected chi connectivity index (χ0v) is 17.3. The second-order valence-electron chi connectivity index (χ2n) is 7.97. The van der Waals surface area contributed by atoms with E-state index in [0.717, 1.165) is 21.0 Å². The zero-order chi connectivity index (χ0) is 19.2. The maximum Gasteiger partial charge on any atom is 0.410 e. The van der Waals surface area contributed by atoms with Gasteiger partial charge in [-0.3, -0.25) is 10.1 Å². The smallest absolute Gasteiger partial charge is 0.410 e. The Bertz CT molecular complexity index is 877. The number of thiophene rings is 1. The second kappa shape index (κ2) is 6.91. The molecule has 0 spiro atoms. The number of thiazole rings is 1.